The number of ether oxygens (including phenoxy) is 1. The van der Waals surface area contributed by atoms with Crippen molar-refractivity contribution in [2.24, 2.45) is 0 Å². The van der Waals surface area contributed by atoms with Gasteiger partial charge in [-0.25, -0.2) is 9.78 Å². The van der Waals surface area contributed by atoms with Gasteiger partial charge in [-0.1, -0.05) is 30.3 Å². The van der Waals surface area contributed by atoms with Crippen LogP contribution in [-0.4, -0.2) is 36.2 Å². The average molecular weight is 319 g/mol. The Balaban J connectivity index is 1.95. The Kier molecular flexibility index (Phi) is 6.86. The molecule has 0 fully saturated rings. The van der Waals surface area contributed by atoms with Crippen LogP contribution in [-0.2, 0) is 11.3 Å². The lowest BCUT2D eigenvalue weighted by atomic mass is 10.2. The Labute approximate surface area is 134 Å². The Morgan fingerprint density at radius 1 is 1.32 bits per heavy atom. The first kappa shape index (κ1) is 16.5. The summed E-state index contributed by atoms with van der Waals surface area (Å²) >= 11 is 1.42. The van der Waals surface area contributed by atoms with Crippen LogP contribution in [0.25, 0.3) is 0 Å². The van der Waals surface area contributed by atoms with Crippen molar-refractivity contribution >= 4 is 22.5 Å². The summed E-state index contributed by atoms with van der Waals surface area (Å²) in [6, 6.07) is 9.88. The van der Waals surface area contributed by atoms with Crippen LogP contribution in [0.2, 0.25) is 0 Å². The normalized spacial score (nSPS) is 10.4. The van der Waals surface area contributed by atoms with E-state index >= 15 is 0 Å². The number of amides is 2. The third-order valence-corrected chi connectivity index (χ3v) is 3.86. The zero-order valence-corrected chi connectivity index (χ0v) is 13.5. The van der Waals surface area contributed by atoms with E-state index in [1.807, 2.05) is 40.6 Å². The second kappa shape index (κ2) is 9.17. The van der Waals surface area contributed by atoms with Crippen LogP contribution in [0.15, 0.2) is 41.9 Å². The highest BCUT2D eigenvalue weighted by molar-refractivity contribution is 7.13. The van der Waals surface area contributed by atoms with Crippen molar-refractivity contribution in [2.45, 2.75) is 19.4 Å². The Morgan fingerprint density at radius 2 is 2.14 bits per heavy atom. The molecule has 0 unspecified atom stereocenters. The molecule has 2 aromatic rings. The summed E-state index contributed by atoms with van der Waals surface area (Å²) in [7, 11) is 1.69. The molecule has 0 saturated heterocycles. The van der Waals surface area contributed by atoms with Crippen molar-refractivity contribution in [3.8, 4) is 0 Å². The highest BCUT2D eigenvalue weighted by Crippen LogP contribution is 2.13. The number of aromatic nitrogens is 1. The Bertz CT molecular complexity index is 546. The largest absolute Gasteiger partial charge is 0.385 e. The number of rotatable bonds is 8. The van der Waals surface area contributed by atoms with Gasteiger partial charge in [0.1, 0.15) is 0 Å². The van der Waals surface area contributed by atoms with Crippen LogP contribution in [0.4, 0.5) is 9.93 Å². The summed E-state index contributed by atoms with van der Waals surface area (Å²) in [5.41, 5.74) is 1.11. The van der Waals surface area contributed by atoms with Gasteiger partial charge in [-0.3, -0.25) is 5.32 Å². The van der Waals surface area contributed by atoms with Crippen LogP contribution in [0.3, 0.4) is 0 Å². The SMILES string of the molecule is COCCCCN(Cc1ccccc1)C(=O)Nc1nccs1. The van der Waals surface area contributed by atoms with Gasteiger partial charge >= 0.3 is 6.03 Å². The second-order valence-electron chi connectivity index (χ2n) is 4.87. The minimum Gasteiger partial charge on any atom is -0.385 e. The first-order valence-corrected chi connectivity index (χ1v) is 8.16. The number of nitrogens with zero attached hydrogens (tertiary/aromatic N) is 2. The van der Waals surface area contributed by atoms with Crippen molar-refractivity contribution in [2.75, 3.05) is 25.6 Å². The topological polar surface area (TPSA) is 54.5 Å². The molecule has 0 spiro atoms. The van der Waals surface area contributed by atoms with Gasteiger partial charge in [0.2, 0.25) is 0 Å². The fourth-order valence-electron chi connectivity index (χ4n) is 2.06. The maximum Gasteiger partial charge on any atom is 0.323 e. The minimum absolute atomic E-state index is 0.115. The lowest BCUT2D eigenvalue weighted by Gasteiger charge is -2.22. The molecule has 22 heavy (non-hydrogen) atoms. The van der Waals surface area contributed by atoms with Gasteiger partial charge in [0, 0.05) is 38.4 Å². The van der Waals surface area contributed by atoms with Crippen molar-refractivity contribution in [3.05, 3.63) is 47.5 Å². The molecule has 0 aliphatic rings. The number of thiazole rings is 1. The van der Waals surface area contributed by atoms with Gasteiger partial charge in [0.25, 0.3) is 0 Å². The van der Waals surface area contributed by atoms with Crippen molar-refractivity contribution in [3.63, 3.8) is 0 Å². The molecule has 1 N–H and O–H groups in total. The first-order chi connectivity index (χ1) is 10.8. The molecule has 0 aliphatic carbocycles. The van der Waals surface area contributed by atoms with E-state index in [4.69, 9.17) is 4.74 Å². The molecule has 2 amide bonds. The lowest BCUT2D eigenvalue weighted by Crippen LogP contribution is -2.35. The predicted molar refractivity (Wildman–Crippen MR) is 89.1 cm³/mol. The molecule has 0 radical (unpaired) electrons. The Morgan fingerprint density at radius 3 is 2.82 bits per heavy atom. The molecule has 118 valence electrons. The fraction of sp³-hybridized carbons (Fsp3) is 0.375. The number of hydrogen-bond acceptors (Lipinski definition) is 4. The van der Waals surface area contributed by atoms with Crippen LogP contribution < -0.4 is 5.32 Å². The molecule has 1 aromatic carbocycles. The third kappa shape index (κ3) is 5.46. The predicted octanol–water partition coefficient (Wildman–Crippen LogP) is 3.60. The zero-order valence-electron chi connectivity index (χ0n) is 12.7. The second-order valence-corrected chi connectivity index (χ2v) is 5.77. The van der Waals surface area contributed by atoms with E-state index in [1.54, 1.807) is 13.3 Å². The minimum atomic E-state index is -0.115. The highest BCUT2D eigenvalue weighted by Gasteiger charge is 2.14. The fourth-order valence-corrected chi connectivity index (χ4v) is 2.58. The van der Waals surface area contributed by atoms with Gasteiger partial charge in [-0.05, 0) is 18.4 Å². The maximum atomic E-state index is 12.4. The van der Waals surface area contributed by atoms with Gasteiger partial charge in [-0.2, -0.15) is 0 Å². The van der Waals surface area contributed by atoms with Crippen LogP contribution >= 0.6 is 11.3 Å². The van der Waals surface area contributed by atoms with Gasteiger partial charge < -0.3 is 9.64 Å². The summed E-state index contributed by atoms with van der Waals surface area (Å²) in [6.45, 7) is 1.99. The molecule has 1 heterocycles. The first-order valence-electron chi connectivity index (χ1n) is 7.28. The van der Waals surface area contributed by atoms with E-state index in [1.165, 1.54) is 11.3 Å². The molecule has 0 bridgehead atoms. The number of nitrogens with one attached hydrogen (secondary N) is 1. The maximum absolute atomic E-state index is 12.4. The van der Waals surface area contributed by atoms with Gasteiger partial charge in [0.15, 0.2) is 5.13 Å². The number of benzene rings is 1. The molecular formula is C16H21N3O2S. The van der Waals surface area contributed by atoms with Crippen molar-refractivity contribution < 1.29 is 9.53 Å². The standard InChI is InChI=1S/C16H21N3O2S/c1-21-11-6-5-10-19(13-14-7-3-2-4-8-14)16(20)18-15-17-9-12-22-15/h2-4,7-9,12H,5-6,10-11,13H2,1H3,(H,17,18,20). The molecular weight excluding hydrogens is 298 g/mol. The molecule has 6 heteroatoms. The van der Waals surface area contributed by atoms with Crippen molar-refractivity contribution in [1.82, 2.24) is 9.88 Å². The van der Waals surface area contributed by atoms with E-state index < -0.39 is 0 Å². The molecule has 1 aromatic heterocycles. The molecule has 0 atom stereocenters. The molecule has 2 rings (SSSR count). The van der Waals surface area contributed by atoms with Gasteiger partial charge in [0.05, 0.1) is 0 Å². The van der Waals surface area contributed by atoms with Crippen molar-refractivity contribution in [1.29, 1.82) is 0 Å². The lowest BCUT2D eigenvalue weighted by molar-refractivity contribution is 0.182. The summed E-state index contributed by atoms with van der Waals surface area (Å²) in [5, 5.41) is 5.31. The molecule has 0 saturated carbocycles. The monoisotopic (exact) mass is 319 g/mol. The summed E-state index contributed by atoms with van der Waals surface area (Å²) in [4.78, 5) is 18.3. The summed E-state index contributed by atoms with van der Waals surface area (Å²) in [5.74, 6) is 0. The van der Waals surface area contributed by atoms with E-state index in [-0.39, 0.29) is 6.03 Å². The number of hydrogen-bond donors (Lipinski definition) is 1. The van der Waals surface area contributed by atoms with E-state index in [0.717, 1.165) is 18.4 Å². The quantitative estimate of drug-likeness (QED) is 0.756. The number of carbonyl (C=O) groups is 1. The van der Waals surface area contributed by atoms with Crippen LogP contribution in [0, 0.1) is 0 Å². The average Bonchev–Trinajstić information content (AvgIpc) is 3.04. The van der Waals surface area contributed by atoms with E-state index in [2.05, 4.69) is 10.3 Å². The van der Waals surface area contributed by atoms with E-state index in [0.29, 0.717) is 24.8 Å². The molecule has 5 nitrogen and oxygen atoms in total. The molecule has 0 aliphatic heterocycles. The Hall–Kier alpha value is -1.92. The number of unbranched alkanes of at least 4 members (excludes halogenated alkanes) is 1. The van der Waals surface area contributed by atoms with Crippen LogP contribution in [0.5, 0.6) is 0 Å². The number of carbonyl (C=O) groups excluding carboxylic acids is 1. The number of methoxy groups -OCH3 is 1. The third-order valence-electron chi connectivity index (χ3n) is 3.18. The smallest absolute Gasteiger partial charge is 0.323 e. The number of urea groups is 1. The van der Waals surface area contributed by atoms with Crippen LogP contribution in [0.1, 0.15) is 18.4 Å². The summed E-state index contributed by atoms with van der Waals surface area (Å²) in [6.07, 6.45) is 3.53. The zero-order chi connectivity index (χ0) is 15.6. The number of anilines is 1. The highest BCUT2D eigenvalue weighted by atomic mass is 32.1. The van der Waals surface area contributed by atoms with E-state index in [9.17, 15) is 4.79 Å². The summed E-state index contributed by atoms with van der Waals surface area (Å²) < 4.78 is 5.06. The van der Waals surface area contributed by atoms with Gasteiger partial charge in [-0.15, -0.1) is 11.3 Å².